The van der Waals surface area contributed by atoms with Crippen LogP contribution in [0.15, 0.2) is 42.7 Å². The Balaban J connectivity index is 1.53. The van der Waals surface area contributed by atoms with E-state index < -0.39 is 0 Å². The van der Waals surface area contributed by atoms with Gasteiger partial charge in [-0.3, -0.25) is 14.7 Å². The molecule has 2 heterocycles. The molecule has 1 aliphatic heterocycles. The summed E-state index contributed by atoms with van der Waals surface area (Å²) >= 11 is 0. The van der Waals surface area contributed by atoms with Crippen molar-refractivity contribution in [3.63, 3.8) is 0 Å². The van der Waals surface area contributed by atoms with Gasteiger partial charge in [0, 0.05) is 57.8 Å². The Bertz CT molecular complexity index is 742. The van der Waals surface area contributed by atoms with E-state index in [4.69, 9.17) is 4.74 Å². The van der Waals surface area contributed by atoms with E-state index in [1.54, 1.807) is 12.4 Å². The molecule has 1 aromatic carbocycles. The molecule has 0 saturated carbocycles. The number of aromatic nitrogens is 1. The molecule has 1 aromatic heterocycles. The number of nitrogens with zero attached hydrogens (tertiary/aromatic N) is 3. The van der Waals surface area contributed by atoms with E-state index in [9.17, 15) is 4.79 Å². The van der Waals surface area contributed by atoms with Crippen molar-refractivity contribution < 1.29 is 9.53 Å². The van der Waals surface area contributed by atoms with Crippen LogP contribution >= 0.6 is 0 Å². The van der Waals surface area contributed by atoms with Crippen LogP contribution in [0.2, 0.25) is 0 Å². The minimum absolute atomic E-state index is 0.109. The van der Waals surface area contributed by atoms with Crippen LogP contribution in [0.3, 0.4) is 0 Å². The molecule has 0 aliphatic carbocycles. The number of nitrogens with one attached hydrogen (secondary N) is 2. The van der Waals surface area contributed by atoms with E-state index in [1.807, 2.05) is 49.3 Å². The molecule has 144 valence electrons. The van der Waals surface area contributed by atoms with Crippen molar-refractivity contribution in [2.75, 3.05) is 63.7 Å². The highest BCUT2D eigenvalue weighted by Crippen LogP contribution is 2.20. The van der Waals surface area contributed by atoms with Crippen molar-refractivity contribution in [1.82, 2.24) is 15.2 Å². The summed E-state index contributed by atoms with van der Waals surface area (Å²) in [6.45, 7) is 4.82. The van der Waals surface area contributed by atoms with E-state index in [2.05, 4.69) is 20.5 Å². The molecule has 7 heteroatoms. The van der Waals surface area contributed by atoms with Crippen LogP contribution < -0.4 is 15.5 Å². The minimum Gasteiger partial charge on any atom is -0.379 e. The summed E-state index contributed by atoms with van der Waals surface area (Å²) < 4.78 is 5.33. The second kappa shape index (κ2) is 9.34. The summed E-state index contributed by atoms with van der Waals surface area (Å²) in [4.78, 5) is 20.9. The normalized spacial score (nSPS) is 14.6. The molecule has 2 aromatic rings. The summed E-state index contributed by atoms with van der Waals surface area (Å²) in [5.41, 5.74) is 3.42. The van der Waals surface area contributed by atoms with Gasteiger partial charge in [-0.15, -0.1) is 0 Å². The molecule has 1 amide bonds. The summed E-state index contributed by atoms with van der Waals surface area (Å²) in [6.07, 6.45) is 3.30. The lowest BCUT2D eigenvalue weighted by molar-refractivity contribution is 0.0383. The molecular formula is C20H27N5O2. The lowest BCUT2D eigenvalue weighted by atomic mass is 10.2. The van der Waals surface area contributed by atoms with E-state index in [1.165, 1.54) is 0 Å². The number of anilines is 3. The molecule has 2 N–H and O–H groups in total. The largest absolute Gasteiger partial charge is 0.379 e. The van der Waals surface area contributed by atoms with Crippen molar-refractivity contribution in [3.8, 4) is 0 Å². The third kappa shape index (κ3) is 5.67. The first-order valence-electron chi connectivity index (χ1n) is 9.19. The zero-order valence-electron chi connectivity index (χ0n) is 15.9. The Hall–Kier alpha value is -2.64. The van der Waals surface area contributed by atoms with Crippen molar-refractivity contribution in [3.05, 3.63) is 48.3 Å². The van der Waals surface area contributed by atoms with E-state index in [0.717, 1.165) is 49.9 Å². The molecule has 0 unspecified atom stereocenters. The second-order valence-corrected chi connectivity index (χ2v) is 6.74. The van der Waals surface area contributed by atoms with Gasteiger partial charge in [-0.1, -0.05) is 0 Å². The first kappa shape index (κ1) is 19.1. The van der Waals surface area contributed by atoms with E-state index in [0.29, 0.717) is 12.1 Å². The van der Waals surface area contributed by atoms with Gasteiger partial charge in [-0.2, -0.15) is 0 Å². The maximum absolute atomic E-state index is 12.4. The number of hydrogen-bond acceptors (Lipinski definition) is 6. The summed E-state index contributed by atoms with van der Waals surface area (Å²) in [5, 5.41) is 6.25. The monoisotopic (exact) mass is 369 g/mol. The van der Waals surface area contributed by atoms with Crippen molar-refractivity contribution in [1.29, 1.82) is 0 Å². The molecule has 1 aliphatic rings. The molecule has 3 rings (SSSR count). The highest BCUT2D eigenvalue weighted by molar-refractivity contribution is 5.94. The lowest BCUT2D eigenvalue weighted by Crippen LogP contribution is -2.41. The predicted molar refractivity (Wildman–Crippen MR) is 108 cm³/mol. The van der Waals surface area contributed by atoms with Crippen LogP contribution in [0.25, 0.3) is 0 Å². The number of rotatable bonds is 7. The van der Waals surface area contributed by atoms with Gasteiger partial charge in [-0.05, 0) is 30.3 Å². The van der Waals surface area contributed by atoms with Gasteiger partial charge in [0.2, 0.25) is 0 Å². The smallest absolute Gasteiger partial charge is 0.252 e. The van der Waals surface area contributed by atoms with Gasteiger partial charge in [0.25, 0.3) is 5.91 Å². The summed E-state index contributed by atoms with van der Waals surface area (Å²) in [7, 11) is 4.01. The fraction of sp³-hybridized carbons (Fsp3) is 0.400. The summed E-state index contributed by atoms with van der Waals surface area (Å²) in [6, 6.07) is 9.90. The average molecular weight is 369 g/mol. The Kier molecular flexibility index (Phi) is 6.62. The molecule has 0 atom stereocenters. The molecular weight excluding hydrogens is 342 g/mol. The third-order valence-electron chi connectivity index (χ3n) is 4.49. The van der Waals surface area contributed by atoms with Crippen LogP contribution in [0, 0.1) is 0 Å². The second-order valence-electron chi connectivity index (χ2n) is 6.74. The molecule has 1 saturated heterocycles. The van der Waals surface area contributed by atoms with E-state index in [-0.39, 0.29) is 5.91 Å². The quantitative estimate of drug-likeness (QED) is 0.778. The number of morpholine rings is 1. The Morgan fingerprint density at radius 1 is 1.15 bits per heavy atom. The van der Waals surface area contributed by atoms with Gasteiger partial charge in [0.15, 0.2) is 0 Å². The fourth-order valence-corrected chi connectivity index (χ4v) is 2.90. The number of hydrogen-bond donors (Lipinski definition) is 2. The van der Waals surface area contributed by atoms with E-state index >= 15 is 0 Å². The maximum atomic E-state index is 12.4. The van der Waals surface area contributed by atoms with Crippen molar-refractivity contribution in [2.45, 2.75) is 0 Å². The highest BCUT2D eigenvalue weighted by Gasteiger charge is 2.11. The van der Waals surface area contributed by atoms with Crippen LogP contribution in [-0.2, 0) is 4.74 Å². The molecule has 0 spiro atoms. The number of benzene rings is 1. The molecule has 1 fully saturated rings. The minimum atomic E-state index is -0.109. The SMILES string of the molecule is CN(C)c1ccc(Nc2cncc(C(=O)NCCN3CCOCC3)c2)cc1. The van der Waals surface area contributed by atoms with Crippen molar-refractivity contribution >= 4 is 23.0 Å². The Morgan fingerprint density at radius 2 is 1.89 bits per heavy atom. The highest BCUT2D eigenvalue weighted by atomic mass is 16.5. The Labute approximate surface area is 160 Å². The zero-order valence-corrected chi connectivity index (χ0v) is 15.9. The number of carbonyl (C=O) groups excluding carboxylic acids is 1. The Morgan fingerprint density at radius 3 is 2.59 bits per heavy atom. The van der Waals surface area contributed by atoms with Crippen LogP contribution in [0.4, 0.5) is 17.1 Å². The summed E-state index contributed by atoms with van der Waals surface area (Å²) in [5.74, 6) is -0.109. The van der Waals surface area contributed by atoms with Crippen LogP contribution in [0.5, 0.6) is 0 Å². The standard InChI is InChI=1S/C20H27N5O2/c1-24(2)19-5-3-17(4-6-19)23-18-13-16(14-21-15-18)20(26)22-7-8-25-9-11-27-12-10-25/h3-6,13-15,23H,7-12H2,1-2H3,(H,22,26). The molecule has 27 heavy (non-hydrogen) atoms. The molecule has 7 nitrogen and oxygen atoms in total. The van der Waals surface area contributed by atoms with Crippen LogP contribution in [0.1, 0.15) is 10.4 Å². The maximum Gasteiger partial charge on any atom is 0.252 e. The topological polar surface area (TPSA) is 69.7 Å². The van der Waals surface area contributed by atoms with Gasteiger partial charge in [0.1, 0.15) is 0 Å². The first-order valence-corrected chi connectivity index (χ1v) is 9.19. The van der Waals surface area contributed by atoms with Crippen LogP contribution in [-0.4, -0.2) is 69.3 Å². The fourth-order valence-electron chi connectivity index (χ4n) is 2.90. The van der Waals surface area contributed by atoms with Gasteiger partial charge in [0.05, 0.1) is 30.7 Å². The number of carbonyl (C=O) groups is 1. The predicted octanol–water partition coefficient (Wildman–Crippen LogP) is 1.95. The third-order valence-corrected chi connectivity index (χ3v) is 4.49. The number of amides is 1. The molecule has 0 radical (unpaired) electrons. The zero-order chi connectivity index (χ0) is 19.1. The number of pyridine rings is 1. The van der Waals surface area contributed by atoms with Gasteiger partial charge in [-0.25, -0.2) is 0 Å². The van der Waals surface area contributed by atoms with Crippen molar-refractivity contribution in [2.24, 2.45) is 0 Å². The van der Waals surface area contributed by atoms with Gasteiger partial charge < -0.3 is 20.3 Å². The lowest BCUT2D eigenvalue weighted by Gasteiger charge is -2.26. The molecule has 0 bridgehead atoms. The van der Waals surface area contributed by atoms with Gasteiger partial charge >= 0.3 is 0 Å². The average Bonchev–Trinajstić information content (AvgIpc) is 2.69. The first-order chi connectivity index (χ1) is 13.1. The number of ether oxygens (including phenoxy) is 1.